The summed E-state index contributed by atoms with van der Waals surface area (Å²) in [6.45, 7) is 3.46. The maximum atomic E-state index is 12.8. The van der Waals surface area contributed by atoms with Gasteiger partial charge in [0.15, 0.2) is 0 Å². The number of carboxylic acid groups (broad SMARTS) is 1. The molecule has 0 saturated carbocycles. The van der Waals surface area contributed by atoms with Gasteiger partial charge in [0.2, 0.25) is 5.91 Å². The van der Waals surface area contributed by atoms with E-state index in [1.807, 2.05) is 44.2 Å². The molecule has 0 aliphatic carbocycles. The number of carbonyl (C=O) groups is 4. The molecule has 0 radical (unpaired) electrons. The Morgan fingerprint density at radius 3 is 2.36 bits per heavy atom. The Balaban J connectivity index is 1.61. The molecule has 190 valence electrons. The third-order valence-corrected chi connectivity index (χ3v) is 5.36. The van der Waals surface area contributed by atoms with Crippen LogP contribution in [-0.2, 0) is 32.4 Å². The standard InChI is InChI=1S/C26H30N4O6/c1-17(2)12-21(26(34)35)28-23(31)13-27-25(33)20-14-30(22-11-7-6-10-19(20)22)15-24(32)29-36-16-18-8-4-3-5-9-18/h3-11,14,17,21H,12-13,15-16H2,1-2H3,(H,27,33)(H,28,31)(H,29,32)(H,34,35)/t21-/m0/s1. The van der Waals surface area contributed by atoms with Crippen molar-refractivity contribution in [3.05, 3.63) is 71.9 Å². The minimum absolute atomic E-state index is 0.0769. The van der Waals surface area contributed by atoms with Crippen molar-refractivity contribution in [1.29, 1.82) is 0 Å². The van der Waals surface area contributed by atoms with Crippen molar-refractivity contribution in [3.8, 4) is 0 Å². The van der Waals surface area contributed by atoms with Crippen molar-refractivity contribution in [2.45, 2.75) is 39.5 Å². The number of rotatable bonds is 12. The van der Waals surface area contributed by atoms with Gasteiger partial charge in [-0.1, -0.05) is 62.4 Å². The predicted octanol–water partition coefficient (Wildman–Crippen LogP) is 2.23. The van der Waals surface area contributed by atoms with E-state index in [0.717, 1.165) is 5.56 Å². The largest absolute Gasteiger partial charge is 0.480 e. The van der Waals surface area contributed by atoms with E-state index < -0.39 is 29.7 Å². The third kappa shape index (κ3) is 7.41. The lowest BCUT2D eigenvalue weighted by Crippen LogP contribution is -2.46. The number of carbonyl (C=O) groups excluding carboxylic acids is 3. The van der Waals surface area contributed by atoms with Crippen LogP contribution in [0.3, 0.4) is 0 Å². The summed E-state index contributed by atoms with van der Waals surface area (Å²) in [5.41, 5.74) is 4.26. The van der Waals surface area contributed by atoms with Crippen LogP contribution in [-0.4, -0.2) is 46.0 Å². The normalized spacial score (nSPS) is 11.8. The molecule has 10 nitrogen and oxygen atoms in total. The molecule has 3 amide bonds. The first-order valence-corrected chi connectivity index (χ1v) is 11.6. The molecule has 0 spiro atoms. The lowest BCUT2D eigenvalue weighted by molar-refractivity contribution is -0.142. The number of amides is 3. The average molecular weight is 495 g/mol. The van der Waals surface area contributed by atoms with Gasteiger partial charge in [-0.2, -0.15) is 0 Å². The van der Waals surface area contributed by atoms with Gasteiger partial charge in [0.25, 0.3) is 11.8 Å². The summed E-state index contributed by atoms with van der Waals surface area (Å²) in [6.07, 6.45) is 1.81. The Labute approximate surface area is 208 Å². The first-order valence-electron chi connectivity index (χ1n) is 11.6. The van der Waals surface area contributed by atoms with Crippen molar-refractivity contribution >= 4 is 34.6 Å². The first kappa shape index (κ1) is 26.4. The lowest BCUT2D eigenvalue weighted by atomic mass is 10.0. The van der Waals surface area contributed by atoms with Crippen LogP contribution in [0.4, 0.5) is 0 Å². The molecule has 4 N–H and O–H groups in total. The molecule has 1 heterocycles. The van der Waals surface area contributed by atoms with Crippen molar-refractivity contribution in [2.24, 2.45) is 5.92 Å². The van der Waals surface area contributed by atoms with E-state index in [1.54, 1.807) is 28.8 Å². The lowest BCUT2D eigenvalue weighted by Gasteiger charge is -2.16. The van der Waals surface area contributed by atoms with E-state index in [2.05, 4.69) is 16.1 Å². The van der Waals surface area contributed by atoms with E-state index in [0.29, 0.717) is 10.9 Å². The summed E-state index contributed by atoms with van der Waals surface area (Å²) in [5.74, 6) is -2.57. The highest BCUT2D eigenvalue weighted by molar-refractivity contribution is 6.08. The highest BCUT2D eigenvalue weighted by atomic mass is 16.6. The molecular formula is C26H30N4O6. The highest BCUT2D eigenvalue weighted by Crippen LogP contribution is 2.21. The SMILES string of the molecule is CC(C)C[C@H](NC(=O)CNC(=O)c1cn(CC(=O)NOCc2ccccc2)c2ccccc12)C(=O)O. The summed E-state index contributed by atoms with van der Waals surface area (Å²) in [4.78, 5) is 54.1. The van der Waals surface area contributed by atoms with Gasteiger partial charge in [-0.25, -0.2) is 10.3 Å². The van der Waals surface area contributed by atoms with Crippen LogP contribution in [0.1, 0.15) is 36.2 Å². The summed E-state index contributed by atoms with van der Waals surface area (Å²) in [6, 6.07) is 15.4. The Morgan fingerprint density at radius 2 is 1.67 bits per heavy atom. The number of hydroxylamine groups is 1. The second-order valence-corrected chi connectivity index (χ2v) is 8.76. The maximum Gasteiger partial charge on any atom is 0.326 e. The minimum Gasteiger partial charge on any atom is -0.480 e. The fourth-order valence-electron chi connectivity index (χ4n) is 3.71. The molecule has 0 bridgehead atoms. The Bertz CT molecular complexity index is 1220. The zero-order valence-corrected chi connectivity index (χ0v) is 20.2. The summed E-state index contributed by atoms with van der Waals surface area (Å²) in [7, 11) is 0. The molecule has 2 aromatic carbocycles. The predicted molar refractivity (Wildman–Crippen MR) is 133 cm³/mol. The molecule has 3 rings (SSSR count). The molecule has 0 saturated heterocycles. The van der Waals surface area contributed by atoms with Crippen LogP contribution in [0.5, 0.6) is 0 Å². The second-order valence-electron chi connectivity index (χ2n) is 8.76. The van der Waals surface area contributed by atoms with Gasteiger partial charge in [0.05, 0.1) is 18.7 Å². The number of benzene rings is 2. The van der Waals surface area contributed by atoms with Gasteiger partial charge in [-0.3, -0.25) is 19.2 Å². The summed E-state index contributed by atoms with van der Waals surface area (Å²) >= 11 is 0. The summed E-state index contributed by atoms with van der Waals surface area (Å²) in [5, 5.41) is 14.8. The molecule has 0 aliphatic rings. The number of para-hydroxylation sites is 1. The van der Waals surface area contributed by atoms with Crippen LogP contribution in [0, 0.1) is 5.92 Å². The fourth-order valence-corrected chi connectivity index (χ4v) is 3.71. The Morgan fingerprint density at radius 1 is 0.972 bits per heavy atom. The number of hydrogen-bond donors (Lipinski definition) is 4. The van der Waals surface area contributed by atoms with Gasteiger partial charge < -0.3 is 20.3 Å². The molecule has 1 aromatic heterocycles. The van der Waals surface area contributed by atoms with Crippen LogP contribution in [0.15, 0.2) is 60.8 Å². The quantitative estimate of drug-likeness (QED) is 0.285. The van der Waals surface area contributed by atoms with Crippen LogP contribution in [0.25, 0.3) is 10.9 Å². The van der Waals surface area contributed by atoms with Crippen molar-refractivity contribution in [1.82, 2.24) is 20.7 Å². The van der Waals surface area contributed by atoms with Gasteiger partial charge in [-0.05, 0) is 24.0 Å². The van der Waals surface area contributed by atoms with Crippen molar-refractivity contribution in [2.75, 3.05) is 6.54 Å². The first-order chi connectivity index (χ1) is 17.2. The van der Waals surface area contributed by atoms with E-state index >= 15 is 0 Å². The minimum atomic E-state index is -1.13. The molecule has 36 heavy (non-hydrogen) atoms. The molecule has 0 aliphatic heterocycles. The van der Waals surface area contributed by atoms with Gasteiger partial charge >= 0.3 is 5.97 Å². The average Bonchev–Trinajstić information content (AvgIpc) is 3.21. The number of fused-ring (bicyclic) bond motifs is 1. The molecule has 10 heteroatoms. The van der Waals surface area contributed by atoms with Crippen LogP contribution < -0.4 is 16.1 Å². The van der Waals surface area contributed by atoms with Gasteiger partial charge in [0, 0.05) is 17.1 Å². The highest BCUT2D eigenvalue weighted by Gasteiger charge is 2.22. The number of aromatic nitrogens is 1. The van der Waals surface area contributed by atoms with Gasteiger partial charge in [-0.15, -0.1) is 0 Å². The third-order valence-electron chi connectivity index (χ3n) is 5.36. The van der Waals surface area contributed by atoms with E-state index in [-0.39, 0.29) is 37.6 Å². The zero-order chi connectivity index (χ0) is 26.1. The van der Waals surface area contributed by atoms with E-state index in [4.69, 9.17) is 4.84 Å². The monoisotopic (exact) mass is 494 g/mol. The molecule has 0 fully saturated rings. The number of aliphatic carboxylic acids is 1. The number of carboxylic acids is 1. The zero-order valence-electron chi connectivity index (χ0n) is 20.2. The maximum absolute atomic E-state index is 12.8. The number of nitrogens with zero attached hydrogens (tertiary/aromatic N) is 1. The smallest absolute Gasteiger partial charge is 0.326 e. The number of hydrogen-bond acceptors (Lipinski definition) is 5. The fraction of sp³-hybridized carbons (Fsp3) is 0.308. The topological polar surface area (TPSA) is 139 Å². The Kier molecular flexibility index (Phi) is 9.18. The van der Waals surface area contributed by atoms with Crippen LogP contribution >= 0.6 is 0 Å². The molecule has 1 atom stereocenters. The van der Waals surface area contributed by atoms with Crippen molar-refractivity contribution in [3.63, 3.8) is 0 Å². The summed E-state index contributed by atoms with van der Waals surface area (Å²) < 4.78 is 1.62. The van der Waals surface area contributed by atoms with Gasteiger partial charge in [0.1, 0.15) is 12.6 Å². The second kappa shape index (κ2) is 12.5. The molecule has 3 aromatic rings. The molecule has 0 unspecified atom stereocenters. The number of nitrogens with one attached hydrogen (secondary N) is 3. The van der Waals surface area contributed by atoms with Crippen molar-refractivity contribution < 1.29 is 29.1 Å². The van der Waals surface area contributed by atoms with Crippen LogP contribution in [0.2, 0.25) is 0 Å². The van der Waals surface area contributed by atoms with E-state index in [1.165, 1.54) is 6.20 Å². The molecular weight excluding hydrogens is 464 g/mol. The van der Waals surface area contributed by atoms with E-state index in [9.17, 15) is 24.3 Å². The Hall–Kier alpha value is -4.18.